The summed E-state index contributed by atoms with van der Waals surface area (Å²) in [6.45, 7) is 3.77. The first-order valence-corrected chi connectivity index (χ1v) is 7.91. The van der Waals surface area contributed by atoms with Gasteiger partial charge in [0.05, 0.1) is 17.1 Å². The van der Waals surface area contributed by atoms with Gasteiger partial charge in [0.15, 0.2) is 0 Å². The molecular formula is C17H21N5O3. The van der Waals surface area contributed by atoms with Gasteiger partial charge in [-0.05, 0) is 31.5 Å². The maximum absolute atomic E-state index is 12.6. The predicted octanol–water partition coefficient (Wildman–Crippen LogP) is 2.40. The smallest absolute Gasteiger partial charge is 0.328 e. The first-order valence-electron chi connectivity index (χ1n) is 7.91. The van der Waals surface area contributed by atoms with Crippen LogP contribution in [0.3, 0.4) is 0 Å². The van der Waals surface area contributed by atoms with Crippen molar-refractivity contribution in [2.24, 2.45) is 14.1 Å². The van der Waals surface area contributed by atoms with E-state index in [1.54, 1.807) is 41.2 Å². The van der Waals surface area contributed by atoms with Crippen LogP contribution in [-0.4, -0.2) is 32.3 Å². The number of urea groups is 1. The lowest BCUT2D eigenvalue weighted by Crippen LogP contribution is -2.34. The quantitative estimate of drug-likeness (QED) is 0.791. The fourth-order valence-corrected chi connectivity index (χ4v) is 2.80. The topological polar surface area (TPSA) is 85.3 Å². The maximum atomic E-state index is 12.6. The van der Waals surface area contributed by atoms with Crippen molar-refractivity contribution in [3.63, 3.8) is 0 Å². The number of fused-ring (bicyclic) bond motifs is 1. The van der Waals surface area contributed by atoms with Gasteiger partial charge in [-0.2, -0.15) is 0 Å². The lowest BCUT2D eigenvalue weighted by Gasteiger charge is -2.24. The van der Waals surface area contributed by atoms with Gasteiger partial charge in [-0.25, -0.2) is 9.59 Å². The Bertz CT molecular complexity index is 984. The SMILES string of the molecule is Cc1cc2c(cc1NC(=O)N(C)[C@H](C)c1ccon1)n(C)c(=O)n2C. The van der Waals surface area contributed by atoms with Crippen LogP contribution in [0.5, 0.6) is 0 Å². The minimum atomic E-state index is -0.265. The minimum absolute atomic E-state index is 0.102. The molecule has 2 heterocycles. The summed E-state index contributed by atoms with van der Waals surface area (Å²) >= 11 is 0. The van der Waals surface area contributed by atoms with Crippen LogP contribution < -0.4 is 11.0 Å². The summed E-state index contributed by atoms with van der Waals surface area (Å²) in [6, 6.07) is 4.94. The molecule has 0 saturated carbocycles. The summed E-state index contributed by atoms with van der Waals surface area (Å²) in [5, 5.41) is 6.78. The van der Waals surface area contributed by atoms with Crippen molar-refractivity contribution < 1.29 is 9.32 Å². The molecule has 3 rings (SSSR count). The average Bonchev–Trinajstić information content (AvgIpc) is 3.19. The van der Waals surface area contributed by atoms with E-state index in [2.05, 4.69) is 10.5 Å². The standard InChI is InChI=1S/C17H21N5O3/c1-10-8-14-15(22(5)17(24)21(14)4)9-13(10)18-16(23)20(3)11(2)12-6-7-25-19-12/h6-9,11H,1-5H3,(H,18,23)/t11-/m1/s1. The van der Waals surface area contributed by atoms with Gasteiger partial charge in [-0.15, -0.1) is 0 Å². The third-order valence-electron chi connectivity index (χ3n) is 4.65. The summed E-state index contributed by atoms with van der Waals surface area (Å²) < 4.78 is 7.99. The second-order valence-corrected chi connectivity index (χ2v) is 6.20. The zero-order chi connectivity index (χ0) is 18.3. The summed E-state index contributed by atoms with van der Waals surface area (Å²) in [7, 11) is 5.14. The number of rotatable bonds is 3. The van der Waals surface area contributed by atoms with Gasteiger partial charge >= 0.3 is 11.7 Å². The van der Waals surface area contributed by atoms with Crippen LogP contribution in [0, 0.1) is 6.92 Å². The van der Waals surface area contributed by atoms with Gasteiger partial charge < -0.3 is 14.7 Å². The molecule has 2 aromatic heterocycles. The molecular weight excluding hydrogens is 322 g/mol. The third-order valence-corrected chi connectivity index (χ3v) is 4.65. The molecule has 1 atom stereocenters. The third kappa shape index (κ3) is 2.79. The molecule has 0 spiro atoms. The summed E-state index contributed by atoms with van der Waals surface area (Å²) in [6.07, 6.45) is 1.48. The fraction of sp³-hybridized carbons (Fsp3) is 0.353. The number of carbonyl (C=O) groups excluding carboxylic acids is 1. The molecule has 8 heteroatoms. The molecule has 3 aromatic rings. The highest BCUT2D eigenvalue weighted by Gasteiger charge is 2.20. The number of aryl methyl sites for hydroxylation is 3. The molecule has 2 amide bonds. The van der Waals surface area contributed by atoms with Gasteiger partial charge in [0, 0.05) is 32.9 Å². The number of imidazole rings is 1. The normalized spacial score (nSPS) is 12.4. The highest BCUT2D eigenvalue weighted by atomic mass is 16.5. The van der Waals surface area contributed by atoms with Gasteiger partial charge in [0.2, 0.25) is 0 Å². The summed E-state index contributed by atoms with van der Waals surface area (Å²) in [4.78, 5) is 26.2. The zero-order valence-electron chi connectivity index (χ0n) is 14.9. The summed E-state index contributed by atoms with van der Waals surface area (Å²) in [5.74, 6) is 0. The minimum Gasteiger partial charge on any atom is -0.364 e. The highest BCUT2D eigenvalue weighted by Crippen LogP contribution is 2.24. The molecule has 0 aliphatic carbocycles. The van der Waals surface area contributed by atoms with Crippen LogP contribution in [-0.2, 0) is 14.1 Å². The van der Waals surface area contributed by atoms with Crippen molar-refractivity contribution in [2.45, 2.75) is 19.9 Å². The molecule has 25 heavy (non-hydrogen) atoms. The molecule has 0 fully saturated rings. The largest absolute Gasteiger partial charge is 0.364 e. The van der Waals surface area contributed by atoms with Crippen LogP contribution >= 0.6 is 0 Å². The van der Waals surface area contributed by atoms with Gasteiger partial charge in [-0.1, -0.05) is 5.16 Å². The van der Waals surface area contributed by atoms with Crippen LogP contribution in [0.15, 0.2) is 33.8 Å². The second-order valence-electron chi connectivity index (χ2n) is 6.20. The van der Waals surface area contributed by atoms with Crippen molar-refractivity contribution in [3.05, 3.63) is 46.2 Å². The second kappa shape index (κ2) is 6.12. The van der Waals surface area contributed by atoms with Crippen LogP contribution in [0.25, 0.3) is 11.0 Å². The van der Waals surface area contributed by atoms with E-state index in [0.717, 1.165) is 16.6 Å². The number of hydrogen-bond donors (Lipinski definition) is 1. The number of anilines is 1. The Labute approximate surface area is 144 Å². The van der Waals surface area contributed by atoms with E-state index in [1.165, 1.54) is 6.26 Å². The fourth-order valence-electron chi connectivity index (χ4n) is 2.80. The average molecular weight is 343 g/mol. The van der Waals surface area contributed by atoms with E-state index in [1.807, 2.05) is 26.0 Å². The lowest BCUT2D eigenvalue weighted by molar-refractivity contribution is 0.206. The Morgan fingerprint density at radius 2 is 1.92 bits per heavy atom. The molecule has 0 unspecified atom stereocenters. The Balaban J connectivity index is 1.89. The van der Waals surface area contributed by atoms with Gasteiger partial charge in [-0.3, -0.25) is 9.13 Å². The number of nitrogens with one attached hydrogen (secondary N) is 1. The molecule has 8 nitrogen and oxygen atoms in total. The van der Waals surface area contributed by atoms with Crippen molar-refractivity contribution >= 4 is 22.8 Å². The Morgan fingerprint density at radius 1 is 1.28 bits per heavy atom. The van der Waals surface area contributed by atoms with Crippen LogP contribution in [0.4, 0.5) is 10.5 Å². The summed E-state index contributed by atoms with van der Waals surface area (Å²) in [5.41, 5.74) is 3.71. The van der Waals surface area contributed by atoms with Crippen LogP contribution in [0.1, 0.15) is 24.2 Å². The van der Waals surface area contributed by atoms with E-state index >= 15 is 0 Å². The maximum Gasteiger partial charge on any atom is 0.328 e. The molecule has 0 bridgehead atoms. The molecule has 1 N–H and O–H groups in total. The van der Waals surface area contributed by atoms with E-state index in [-0.39, 0.29) is 17.8 Å². The first kappa shape index (κ1) is 16.8. The lowest BCUT2D eigenvalue weighted by atomic mass is 10.1. The van der Waals surface area contributed by atoms with E-state index < -0.39 is 0 Å². The van der Waals surface area contributed by atoms with Crippen molar-refractivity contribution in [3.8, 4) is 0 Å². The van der Waals surface area contributed by atoms with E-state index in [0.29, 0.717) is 11.4 Å². The Hall–Kier alpha value is -3.03. The van der Waals surface area contributed by atoms with Crippen molar-refractivity contribution in [2.75, 3.05) is 12.4 Å². The Morgan fingerprint density at radius 3 is 2.52 bits per heavy atom. The molecule has 0 radical (unpaired) electrons. The molecule has 0 saturated heterocycles. The van der Waals surface area contributed by atoms with E-state index in [9.17, 15) is 9.59 Å². The number of aromatic nitrogens is 3. The number of benzene rings is 1. The first-order chi connectivity index (χ1) is 11.8. The zero-order valence-corrected chi connectivity index (χ0v) is 14.9. The number of hydrogen-bond acceptors (Lipinski definition) is 4. The number of amides is 2. The molecule has 132 valence electrons. The highest BCUT2D eigenvalue weighted by molar-refractivity contribution is 5.93. The van der Waals surface area contributed by atoms with Crippen molar-refractivity contribution in [1.29, 1.82) is 0 Å². The number of carbonyl (C=O) groups is 1. The van der Waals surface area contributed by atoms with Crippen molar-refractivity contribution in [1.82, 2.24) is 19.2 Å². The van der Waals surface area contributed by atoms with Gasteiger partial charge in [0.1, 0.15) is 12.0 Å². The molecule has 0 aliphatic heterocycles. The predicted molar refractivity (Wildman–Crippen MR) is 94.6 cm³/mol. The number of nitrogens with zero attached hydrogens (tertiary/aromatic N) is 4. The monoisotopic (exact) mass is 343 g/mol. The Kier molecular flexibility index (Phi) is 4.12. The van der Waals surface area contributed by atoms with E-state index in [4.69, 9.17) is 4.52 Å². The molecule has 1 aromatic carbocycles. The van der Waals surface area contributed by atoms with Gasteiger partial charge in [0.25, 0.3) is 0 Å². The molecule has 0 aliphatic rings. The van der Waals surface area contributed by atoms with Crippen LogP contribution in [0.2, 0.25) is 0 Å².